The lowest BCUT2D eigenvalue weighted by Gasteiger charge is -2.11. The van der Waals surface area contributed by atoms with E-state index in [1.54, 1.807) is 0 Å². The quantitative estimate of drug-likeness (QED) is 0.842. The van der Waals surface area contributed by atoms with Crippen molar-refractivity contribution in [2.45, 2.75) is 26.3 Å². The van der Waals surface area contributed by atoms with Gasteiger partial charge < -0.3 is 15.8 Å². The molecule has 100 valence electrons. The van der Waals surface area contributed by atoms with Gasteiger partial charge in [-0.2, -0.15) is 0 Å². The van der Waals surface area contributed by atoms with Gasteiger partial charge in [-0.05, 0) is 50.6 Å². The van der Waals surface area contributed by atoms with Gasteiger partial charge in [0.05, 0.1) is 0 Å². The third-order valence-electron chi connectivity index (χ3n) is 2.25. The molecule has 0 aliphatic heterocycles. The minimum Gasteiger partial charge on any atom is -0.484 e. The molecular weight excluding hydrogens is 296 g/mol. The van der Waals surface area contributed by atoms with E-state index in [0.29, 0.717) is 12.3 Å². The average molecular weight is 315 g/mol. The molecule has 0 aromatic heterocycles. The van der Waals surface area contributed by atoms with Crippen molar-refractivity contribution < 1.29 is 9.53 Å². The van der Waals surface area contributed by atoms with Gasteiger partial charge in [0.25, 0.3) is 5.91 Å². The monoisotopic (exact) mass is 314 g/mol. The molecule has 0 saturated carbocycles. The Hall–Kier alpha value is -1.07. The van der Waals surface area contributed by atoms with Crippen LogP contribution in [0.3, 0.4) is 0 Å². The van der Waals surface area contributed by atoms with Gasteiger partial charge in [0.1, 0.15) is 5.75 Å². The number of nitrogens with two attached hydrogens (primary N) is 1. The number of halogens is 1. The minimum atomic E-state index is -0.117. The van der Waals surface area contributed by atoms with Crippen LogP contribution in [0.15, 0.2) is 22.7 Å². The standard InChI is InChI=1S/C13H19BrN2O2/c1-9(2)16-13(17)8-18-11-3-4-12(14)10(7-11)5-6-15/h3-4,7,9H,5-6,8,15H2,1-2H3,(H,16,17). The molecule has 0 aliphatic carbocycles. The predicted octanol–water partition coefficient (Wildman–Crippen LogP) is 1.85. The molecule has 0 fully saturated rings. The van der Waals surface area contributed by atoms with Crippen LogP contribution in [0.4, 0.5) is 0 Å². The van der Waals surface area contributed by atoms with E-state index in [1.807, 2.05) is 32.0 Å². The number of ether oxygens (including phenoxy) is 1. The van der Waals surface area contributed by atoms with Crippen molar-refractivity contribution in [3.8, 4) is 5.75 Å². The normalized spacial score (nSPS) is 10.5. The molecule has 1 aromatic rings. The van der Waals surface area contributed by atoms with Crippen LogP contribution in [0.1, 0.15) is 19.4 Å². The highest BCUT2D eigenvalue weighted by Gasteiger charge is 2.06. The van der Waals surface area contributed by atoms with E-state index < -0.39 is 0 Å². The third-order valence-corrected chi connectivity index (χ3v) is 3.02. The van der Waals surface area contributed by atoms with Crippen molar-refractivity contribution in [3.05, 3.63) is 28.2 Å². The summed E-state index contributed by atoms with van der Waals surface area (Å²) in [5, 5.41) is 2.77. The largest absolute Gasteiger partial charge is 0.484 e. The topological polar surface area (TPSA) is 64.3 Å². The Morgan fingerprint density at radius 1 is 1.50 bits per heavy atom. The van der Waals surface area contributed by atoms with Crippen LogP contribution >= 0.6 is 15.9 Å². The maximum atomic E-state index is 11.4. The highest BCUT2D eigenvalue weighted by atomic mass is 79.9. The third kappa shape index (κ3) is 5.06. The lowest BCUT2D eigenvalue weighted by Crippen LogP contribution is -2.34. The van der Waals surface area contributed by atoms with Gasteiger partial charge in [0.2, 0.25) is 0 Å². The maximum absolute atomic E-state index is 11.4. The highest BCUT2D eigenvalue weighted by Crippen LogP contribution is 2.22. The van der Waals surface area contributed by atoms with Crippen molar-refractivity contribution in [2.75, 3.05) is 13.2 Å². The van der Waals surface area contributed by atoms with E-state index in [1.165, 1.54) is 0 Å². The molecule has 0 bridgehead atoms. The second-order valence-electron chi connectivity index (χ2n) is 4.30. The molecule has 0 unspecified atom stereocenters. The summed E-state index contributed by atoms with van der Waals surface area (Å²) in [5.41, 5.74) is 6.61. The van der Waals surface area contributed by atoms with Crippen LogP contribution < -0.4 is 15.8 Å². The molecule has 1 amide bonds. The summed E-state index contributed by atoms with van der Waals surface area (Å²) in [6.45, 7) is 4.44. The van der Waals surface area contributed by atoms with E-state index in [0.717, 1.165) is 16.5 Å². The first-order valence-corrected chi connectivity index (χ1v) is 6.73. The molecule has 0 heterocycles. The Bertz CT molecular complexity index is 408. The Morgan fingerprint density at radius 3 is 2.83 bits per heavy atom. The van der Waals surface area contributed by atoms with Gasteiger partial charge in [0, 0.05) is 10.5 Å². The van der Waals surface area contributed by atoms with Crippen LogP contribution in [0, 0.1) is 0 Å². The van der Waals surface area contributed by atoms with Crippen LogP contribution in [0.2, 0.25) is 0 Å². The number of carbonyl (C=O) groups excluding carboxylic acids is 1. The number of hydrogen-bond donors (Lipinski definition) is 2. The number of nitrogens with one attached hydrogen (secondary N) is 1. The maximum Gasteiger partial charge on any atom is 0.258 e. The first-order valence-electron chi connectivity index (χ1n) is 5.93. The van der Waals surface area contributed by atoms with E-state index in [-0.39, 0.29) is 18.6 Å². The molecule has 5 heteroatoms. The van der Waals surface area contributed by atoms with Gasteiger partial charge in [0.15, 0.2) is 6.61 Å². The summed E-state index contributed by atoms with van der Waals surface area (Å²) in [5.74, 6) is 0.564. The SMILES string of the molecule is CC(C)NC(=O)COc1ccc(Br)c(CCN)c1. The summed E-state index contributed by atoms with van der Waals surface area (Å²) >= 11 is 3.45. The van der Waals surface area contributed by atoms with E-state index in [9.17, 15) is 4.79 Å². The van der Waals surface area contributed by atoms with Crippen molar-refractivity contribution in [2.24, 2.45) is 5.73 Å². The molecule has 0 radical (unpaired) electrons. The smallest absolute Gasteiger partial charge is 0.258 e. The van der Waals surface area contributed by atoms with Gasteiger partial charge in [-0.1, -0.05) is 15.9 Å². The summed E-state index contributed by atoms with van der Waals surface area (Å²) in [7, 11) is 0. The van der Waals surface area contributed by atoms with Crippen LogP contribution in [0.5, 0.6) is 5.75 Å². The number of hydrogen-bond acceptors (Lipinski definition) is 3. The Kier molecular flexibility index (Phi) is 6.15. The molecule has 0 aliphatic rings. The zero-order valence-corrected chi connectivity index (χ0v) is 12.3. The van der Waals surface area contributed by atoms with Crippen molar-refractivity contribution >= 4 is 21.8 Å². The fraction of sp³-hybridized carbons (Fsp3) is 0.462. The first-order chi connectivity index (χ1) is 8.52. The summed E-state index contributed by atoms with van der Waals surface area (Å²) < 4.78 is 6.44. The zero-order chi connectivity index (χ0) is 13.5. The van der Waals surface area contributed by atoms with Gasteiger partial charge >= 0.3 is 0 Å². The number of amides is 1. The van der Waals surface area contributed by atoms with E-state index in [2.05, 4.69) is 21.2 Å². The Balaban J connectivity index is 2.57. The molecule has 1 rings (SSSR count). The molecular formula is C13H19BrN2O2. The second-order valence-corrected chi connectivity index (χ2v) is 5.16. The second kappa shape index (κ2) is 7.38. The van der Waals surface area contributed by atoms with E-state index >= 15 is 0 Å². The Morgan fingerprint density at radius 2 is 2.22 bits per heavy atom. The lowest BCUT2D eigenvalue weighted by atomic mass is 10.1. The van der Waals surface area contributed by atoms with Crippen LogP contribution in [-0.2, 0) is 11.2 Å². The van der Waals surface area contributed by atoms with Crippen LogP contribution in [-0.4, -0.2) is 25.1 Å². The number of rotatable bonds is 6. The fourth-order valence-corrected chi connectivity index (χ4v) is 1.95. The highest BCUT2D eigenvalue weighted by molar-refractivity contribution is 9.10. The summed E-state index contributed by atoms with van der Waals surface area (Å²) in [6.07, 6.45) is 0.774. The number of carbonyl (C=O) groups is 1. The predicted molar refractivity (Wildman–Crippen MR) is 75.7 cm³/mol. The molecule has 0 spiro atoms. The molecule has 1 aromatic carbocycles. The molecule has 18 heavy (non-hydrogen) atoms. The lowest BCUT2D eigenvalue weighted by molar-refractivity contribution is -0.123. The van der Waals surface area contributed by atoms with Gasteiger partial charge in [-0.15, -0.1) is 0 Å². The molecule has 4 nitrogen and oxygen atoms in total. The fourth-order valence-electron chi connectivity index (χ4n) is 1.50. The van der Waals surface area contributed by atoms with Crippen molar-refractivity contribution in [1.82, 2.24) is 5.32 Å². The first kappa shape index (κ1) is 15.0. The summed E-state index contributed by atoms with van der Waals surface area (Å²) in [4.78, 5) is 11.4. The molecule has 0 atom stereocenters. The summed E-state index contributed by atoms with van der Waals surface area (Å²) in [6, 6.07) is 5.76. The minimum absolute atomic E-state index is 0.0296. The van der Waals surface area contributed by atoms with Crippen molar-refractivity contribution in [3.63, 3.8) is 0 Å². The number of benzene rings is 1. The molecule has 3 N–H and O–H groups in total. The van der Waals surface area contributed by atoms with E-state index in [4.69, 9.17) is 10.5 Å². The van der Waals surface area contributed by atoms with Gasteiger partial charge in [-0.25, -0.2) is 0 Å². The Labute approximate surface area is 116 Å². The average Bonchev–Trinajstić information content (AvgIpc) is 2.29. The van der Waals surface area contributed by atoms with Crippen molar-refractivity contribution in [1.29, 1.82) is 0 Å². The zero-order valence-electron chi connectivity index (χ0n) is 10.7. The molecule has 0 saturated heterocycles. The van der Waals surface area contributed by atoms with Gasteiger partial charge in [-0.3, -0.25) is 4.79 Å². The van der Waals surface area contributed by atoms with Crippen LogP contribution in [0.25, 0.3) is 0 Å².